The number of hydrogen-bond donors (Lipinski definition) is 2. The molecule has 1 spiro atoms. The summed E-state index contributed by atoms with van der Waals surface area (Å²) in [5, 5.41) is 21.1. The molecule has 3 heteroatoms. The minimum absolute atomic E-state index is 0.0947. The molecule has 2 saturated carbocycles. The predicted molar refractivity (Wildman–Crippen MR) is 73.6 cm³/mol. The highest BCUT2D eigenvalue weighted by Crippen LogP contribution is 2.58. The number of aliphatic hydroxyl groups excluding tert-OH is 2. The minimum atomic E-state index is -0.255. The number of hydrogen-bond acceptors (Lipinski definition) is 3. The van der Waals surface area contributed by atoms with Crippen molar-refractivity contribution in [3.63, 3.8) is 0 Å². The molecule has 6 atom stereocenters. The summed E-state index contributed by atoms with van der Waals surface area (Å²) in [7, 11) is 0. The normalized spacial score (nSPS) is 53.4. The lowest BCUT2D eigenvalue weighted by Gasteiger charge is -2.65. The van der Waals surface area contributed by atoms with Gasteiger partial charge in [0.25, 0.3) is 0 Å². The van der Waals surface area contributed by atoms with E-state index in [1.807, 2.05) is 0 Å². The molecule has 0 amide bonds. The summed E-state index contributed by atoms with van der Waals surface area (Å²) >= 11 is 0. The molecule has 0 aromatic carbocycles. The van der Waals surface area contributed by atoms with Crippen LogP contribution < -0.4 is 0 Å². The van der Waals surface area contributed by atoms with E-state index in [0.29, 0.717) is 11.8 Å². The largest absolute Gasteiger partial charge is 0.393 e. The lowest BCUT2D eigenvalue weighted by atomic mass is 9.51. The molecular weight excluding hydrogens is 238 g/mol. The van der Waals surface area contributed by atoms with Crippen molar-refractivity contribution in [3.8, 4) is 0 Å². The molecule has 0 aromatic heterocycles. The van der Waals surface area contributed by atoms with Crippen LogP contribution in [0.5, 0.6) is 0 Å². The van der Waals surface area contributed by atoms with Gasteiger partial charge in [-0.1, -0.05) is 13.0 Å². The van der Waals surface area contributed by atoms with E-state index in [9.17, 15) is 10.2 Å². The minimum Gasteiger partial charge on any atom is -0.393 e. The van der Waals surface area contributed by atoms with Crippen molar-refractivity contribution >= 4 is 0 Å². The van der Waals surface area contributed by atoms with Gasteiger partial charge in [-0.05, 0) is 50.1 Å². The summed E-state index contributed by atoms with van der Waals surface area (Å²) in [5.41, 5.74) is 1.58. The van der Waals surface area contributed by atoms with Crippen molar-refractivity contribution in [3.05, 3.63) is 11.6 Å². The molecule has 2 heterocycles. The fourth-order valence-corrected chi connectivity index (χ4v) is 5.70. The standard InChI is InChI=1S/C16H25NO2/c1-10-9-16-12-4-2-6-17(16)7-3-5-13(16)14(18)8-11(12)15(10)19/h4,10-11,13-15,18-19H,2-3,5-9H2,1H3/t10-,11-,13-,14+,15-,16+/m0/s1. The van der Waals surface area contributed by atoms with Crippen LogP contribution in [0.4, 0.5) is 0 Å². The van der Waals surface area contributed by atoms with Crippen molar-refractivity contribution in [2.45, 2.75) is 56.8 Å². The highest BCUT2D eigenvalue weighted by molar-refractivity contribution is 5.36. The highest BCUT2D eigenvalue weighted by Gasteiger charge is 2.61. The van der Waals surface area contributed by atoms with E-state index in [4.69, 9.17) is 0 Å². The zero-order chi connectivity index (χ0) is 13.2. The molecule has 1 saturated heterocycles. The predicted octanol–water partition coefficient (Wildman–Crippen LogP) is 1.55. The molecule has 2 bridgehead atoms. The van der Waals surface area contributed by atoms with E-state index in [1.54, 1.807) is 0 Å². The van der Waals surface area contributed by atoms with Gasteiger partial charge in [-0.2, -0.15) is 0 Å². The van der Waals surface area contributed by atoms with Crippen molar-refractivity contribution in [2.75, 3.05) is 13.1 Å². The van der Waals surface area contributed by atoms with E-state index >= 15 is 0 Å². The third-order valence-electron chi connectivity index (χ3n) is 6.37. The van der Waals surface area contributed by atoms with Crippen LogP contribution in [0.25, 0.3) is 0 Å². The second-order valence-corrected chi connectivity index (χ2v) is 7.19. The topological polar surface area (TPSA) is 43.7 Å². The van der Waals surface area contributed by atoms with Gasteiger partial charge in [0.1, 0.15) is 0 Å². The van der Waals surface area contributed by atoms with E-state index in [2.05, 4.69) is 17.9 Å². The van der Waals surface area contributed by atoms with Crippen LogP contribution in [0.15, 0.2) is 11.6 Å². The number of nitrogens with zero attached hydrogens (tertiary/aromatic N) is 1. The van der Waals surface area contributed by atoms with Crippen molar-refractivity contribution < 1.29 is 10.2 Å². The molecule has 0 aromatic rings. The third-order valence-corrected chi connectivity index (χ3v) is 6.37. The van der Waals surface area contributed by atoms with Crippen LogP contribution in [0.3, 0.4) is 0 Å². The van der Waals surface area contributed by atoms with Crippen LogP contribution in [-0.2, 0) is 0 Å². The quantitative estimate of drug-likeness (QED) is 0.652. The lowest BCUT2D eigenvalue weighted by molar-refractivity contribution is -0.138. The summed E-state index contributed by atoms with van der Waals surface area (Å²) in [6.45, 7) is 4.51. The van der Waals surface area contributed by atoms with Crippen LogP contribution in [0.2, 0.25) is 0 Å². The van der Waals surface area contributed by atoms with E-state index < -0.39 is 0 Å². The molecule has 4 aliphatic rings. The SMILES string of the molecule is C[C@H]1C[C@]23C4=CCCN2CCC[C@H]3[C@H](O)C[C@@H]4[C@H]1O. The van der Waals surface area contributed by atoms with E-state index in [1.165, 1.54) is 18.5 Å². The maximum absolute atomic E-state index is 10.6. The maximum Gasteiger partial charge on any atom is 0.0633 e. The summed E-state index contributed by atoms with van der Waals surface area (Å²) in [6, 6.07) is 0. The Kier molecular flexibility index (Phi) is 2.64. The first kappa shape index (κ1) is 12.4. The molecule has 106 valence electrons. The zero-order valence-corrected chi connectivity index (χ0v) is 11.8. The Hall–Kier alpha value is -0.380. The Balaban J connectivity index is 1.87. The molecule has 4 rings (SSSR count). The molecule has 2 N–H and O–H groups in total. The monoisotopic (exact) mass is 263 g/mol. The highest BCUT2D eigenvalue weighted by atomic mass is 16.3. The molecule has 3 nitrogen and oxygen atoms in total. The van der Waals surface area contributed by atoms with E-state index in [0.717, 1.165) is 32.2 Å². The van der Waals surface area contributed by atoms with Crippen LogP contribution in [0.1, 0.15) is 39.0 Å². The van der Waals surface area contributed by atoms with Gasteiger partial charge in [-0.25, -0.2) is 0 Å². The smallest absolute Gasteiger partial charge is 0.0633 e. The molecular formula is C16H25NO2. The third kappa shape index (κ3) is 1.44. The molecule has 19 heavy (non-hydrogen) atoms. The summed E-state index contributed by atoms with van der Waals surface area (Å²) in [6.07, 6.45) is 7.25. The molecule has 0 radical (unpaired) electrons. The van der Waals surface area contributed by atoms with Gasteiger partial charge < -0.3 is 10.2 Å². The first-order valence-corrected chi connectivity index (χ1v) is 7.96. The van der Waals surface area contributed by atoms with Gasteiger partial charge in [0, 0.05) is 23.9 Å². The summed E-state index contributed by atoms with van der Waals surface area (Å²) in [5.74, 6) is 0.964. The van der Waals surface area contributed by atoms with Crippen LogP contribution >= 0.6 is 0 Å². The van der Waals surface area contributed by atoms with E-state index in [-0.39, 0.29) is 23.7 Å². The number of aliphatic hydroxyl groups is 2. The average Bonchev–Trinajstić information content (AvgIpc) is 2.40. The van der Waals surface area contributed by atoms with Gasteiger partial charge >= 0.3 is 0 Å². The van der Waals surface area contributed by atoms with Gasteiger partial charge in [-0.15, -0.1) is 0 Å². The van der Waals surface area contributed by atoms with Crippen molar-refractivity contribution in [1.82, 2.24) is 4.90 Å². The fourth-order valence-electron chi connectivity index (χ4n) is 5.70. The van der Waals surface area contributed by atoms with Crippen molar-refractivity contribution in [1.29, 1.82) is 0 Å². The zero-order valence-electron chi connectivity index (χ0n) is 11.8. The Morgan fingerprint density at radius 3 is 3.00 bits per heavy atom. The Morgan fingerprint density at radius 1 is 1.32 bits per heavy atom. The number of rotatable bonds is 0. The second-order valence-electron chi connectivity index (χ2n) is 7.19. The van der Waals surface area contributed by atoms with Gasteiger partial charge in [0.05, 0.1) is 12.2 Å². The van der Waals surface area contributed by atoms with Crippen LogP contribution in [0, 0.1) is 17.8 Å². The number of piperidine rings is 1. The average molecular weight is 263 g/mol. The molecule has 3 fully saturated rings. The fraction of sp³-hybridized carbons (Fsp3) is 0.875. The van der Waals surface area contributed by atoms with Gasteiger partial charge in [0.15, 0.2) is 0 Å². The summed E-state index contributed by atoms with van der Waals surface area (Å²) in [4.78, 5) is 2.65. The second kappa shape index (κ2) is 4.06. The Labute approximate surface area is 115 Å². The van der Waals surface area contributed by atoms with Crippen molar-refractivity contribution in [2.24, 2.45) is 17.8 Å². The first-order valence-electron chi connectivity index (χ1n) is 7.96. The first-order chi connectivity index (χ1) is 9.14. The molecule has 2 aliphatic heterocycles. The van der Waals surface area contributed by atoms with Crippen LogP contribution in [-0.4, -0.2) is 45.9 Å². The Morgan fingerprint density at radius 2 is 2.16 bits per heavy atom. The maximum atomic E-state index is 10.6. The molecule has 2 aliphatic carbocycles. The Bertz CT molecular complexity index is 421. The molecule has 0 unspecified atom stereocenters. The van der Waals surface area contributed by atoms with Gasteiger partial charge in [-0.3, -0.25) is 4.90 Å². The summed E-state index contributed by atoms with van der Waals surface area (Å²) < 4.78 is 0. The van der Waals surface area contributed by atoms with Gasteiger partial charge in [0.2, 0.25) is 0 Å². The lowest BCUT2D eigenvalue weighted by Crippen LogP contribution is -2.70.